The molecule has 1 aromatic carbocycles. The maximum absolute atomic E-state index is 13.8. The zero-order valence-corrected chi connectivity index (χ0v) is 20.2. The monoisotopic (exact) mass is 539 g/mol. The van der Waals surface area contributed by atoms with Gasteiger partial charge in [-0.25, -0.2) is 4.39 Å². The Bertz CT molecular complexity index is 648. The fraction of sp³-hybridized carbons (Fsp3) is 0.600. The molecule has 1 heterocycles. The van der Waals surface area contributed by atoms with Crippen molar-refractivity contribution in [2.45, 2.75) is 38.6 Å². The van der Waals surface area contributed by atoms with Gasteiger partial charge >= 0.3 is 0 Å². The molecule has 0 atom stereocenters. The molecule has 164 valence electrons. The number of amides is 1. The van der Waals surface area contributed by atoms with E-state index in [1.54, 1.807) is 19.2 Å². The maximum atomic E-state index is 13.8. The first-order valence-electron chi connectivity index (χ1n) is 9.92. The highest BCUT2D eigenvalue weighted by Crippen LogP contribution is 2.19. The Morgan fingerprint density at radius 3 is 2.62 bits per heavy atom. The molecule has 0 bridgehead atoms. The molecule has 0 spiro atoms. The maximum Gasteiger partial charge on any atom is 0.234 e. The van der Waals surface area contributed by atoms with Gasteiger partial charge in [-0.05, 0) is 37.8 Å². The molecule has 0 aliphatic carbocycles. The summed E-state index contributed by atoms with van der Waals surface area (Å²) < 4.78 is 13.8. The summed E-state index contributed by atoms with van der Waals surface area (Å²) >= 11 is 6.07. The van der Waals surface area contributed by atoms with E-state index in [-0.39, 0.29) is 35.7 Å². The Morgan fingerprint density at radius 1 is 1.28 bits per heavy atom. The molecule has 9 heteroatoms. The van der Waals surface area contributed by atoms with Crippen LogP contribution in [0.25, 0.3) is 0 Å². The number of benzene rings is 1. The number of aliphatic imine (C=N–C) groups is 1. The number of hydrogen-bond acceptors (Lipinski definition) is 3. The molecule has 1 aliphatic heterocycles. The Hall–Kier alpha value is -1.13. The van der Waals surface area contributed by atoms with Gasteiger partial charge < -0.3 is 16.0 Å². The predicted molar refractivity (Wildman–Crippen MR) is 128 cm³/mol. The molecule has 0 saturated carbocycles. The lowest BCUT2D eigenvalue weighted by Gasteiger charge is -2.32. The smallest absolute Gasteiger partial charge is 0.234 e. The Morgan fingerprint density at radius 2 is 2.00 bits per heavy atom. The predicted octanol–water partition coefficient (Wildman–Crippen LogP) is 2.80. The van der Waals surface area contributed by atoms with E-state index in [1.807, 2.05) is 6.92 Å². The largest absolute Gasteiger partial charge is 0.356 e. The van der Waals surface area contributed by atoms with Gasteiger partial charge in [0.15, 0.2) is 5.96 Å². The molecule has 29 heavy (non-hydrogen) atoms. The van der Waals surface area contributed by atoms with E-state index >= 15 is 0 Å². The van der Waals surface area contributed by atoms with Crippen molar-refractivity contribution in [3.05, 3.63) is 34.6 Å². The van der Waals surface area contributed by atoms with E-state index in [9.17, 15) is 9.18 Å². The van der Waals surface area contributed by atoms with Gasteiger partial charge in [-0.2, -0.15) is 0 Å². The Kier molecular flexibility index (Phi) is 12.5. The van der Waals surface area contributed by atoms with Crippen molar-refractivity contribution in [1.82, 2.24) is 20.9 Å². The number of likely N-dealkylation sites (tertiary alicyclic amines) is 1. The van der Waals surface area contributed by atoms with Crippen LogP contribution >= 0.6 is 35.6 Å². The average Bonchev–Trinajstić information content (AvgIpc) is 2.69. The zero-order valence-electron chi connectivity index (χ0n) is 17.1. The summed E-state index contributed by atoms with van der Waals surface area (Å²) in [5.74, 6) is 0.511. The number of rotatable bonds is 8. The number of carbonyl (C=O) groups excluding carboxylic acids is 1. The number of hydrogen-bond donors (Lipinski definition) is 3. The minimum Gasteiger partial charge on any atom is -0.356 e. The van der Waals surface area contributed by atoms with E-state index in [1.165, 1.54) is 6.07 Å². The van der Waals surface area contributed by atoms with Gasteiger partial charge in [-0.3, -0.25) is 14.7 Å². The lowest BCUT2D eigenvalue weighted by Crippen LogP contribution is -2.50. The van der Waals surface area contributed by atoms with Crippen molar-refractivity contribution in [3.63, 3.8) is 0 Å². The molecule has 6 nitrogen and oxygen atoms in total. The normalized spacial score (nSPS) is 15.5. The molecule has 0 radical (unpaired) electrons. The zero-order chi connectivity index (χ0) is 20.4. The SMILES string of the molecule is CCCNC(=O)CN1CCC(NC(=NC)NCCc2c(F)cccc2Cl)CC1.I. The standard InChI is InChI=1S/C20H31ClFN5O.HI/c1-3-10-24-19(28)14-27-12-8-15(9-13-27)26-20(23-2)25-11-7-16-17(21)5-4-6-18(16)22;/h4-6,15H,3,7-14H2,1-2H3,(H,24,28)(H2,23,25,26);1H. The average molecular weight is 540 g/mol. The summed E-state index contributed by atoms with van der Waals surface area (Å²) in [7, 11) is 1.72. The first kappa shape index (κ1) is 25.9. The third kappa shape index (κ3) is 9.04. The molecule has 1 saturated heterocycles. The van der Waals surface area contributed by atoms with Crippen LogP contribution in [0, 0.1) is 5.82 Å². The lowest BCUT2D eigenvalue weighted by atomic mass is 10.1. The van der Waals surface area contributed by atoms with E-state index in [0.717, 1.165) is 38.9 Å². The fourth-order valence-electron chi connectivity index (χ4n) is 3.22. The summed E-state index contributed by atoms with van der Waals surface area (Å²) in [5, 5.41) is 10.00. The second-order valence-corrected chi connectivity index (χ2v) is 7.40. The van der Waals surface area contributed by atoms with Gasteiger partial charge in [0.25, 0.3) is 0 Å². The van der Waals surface area contributed by atoms with Crippen LogP contribution in [0.15, 0.2) is 23.2 Å². The van der Waals surface area contributed by atoms with Gasteiger partial charge in [-0.15, -0.1) is 24.0 Å². The highest BCUT2D eigenvalue weighted by Gasteiger charge is 2.21. The minimum atomic E-state index is -0.285. The molecule has 0 unspecified atom stereocenters. The second kappa shape index (κ2) is 14.0. The number of nitrogens with zero attached hydrogens (tertiary/aromatic N) is 2. The van der Waals surface area contributed by atoms with Crippen molar-refractivity contribution < 1.29 is 9.18 Å². The minimum absolute atomic E-state index is 0. The van der Waals surface area contributed by atoms with Crippen molar-refractivity contribution in [1.29, 1.82) is 0 Å². The van der Waals surface area contributed by atoms with Crippen LogP contribution in [0.1, 0.15) is 31.7 Å². The van der Waals surface area contributed by atoms with Crippen molar-refractivity contribution in [3.8, 4) is 0 Å². The van der Waals surface area contributed by atoms with Crippen LogP contribution in [0.4, 0.5) is 4.39 Å². The second-order valence-electron chi connectivity index (χ2n) is 6.99. The third-order valence-electron chi connectivity index (χ3n) is 4.82. The van der Waals surface area contributed by atoms with Gasteiger partial charge in [0.05, 0.1) is 6.54 Å². The van der Waals surface area contributed by atoms with E-state index < -0.39 is 0 Å². The lowest BCUT2D eigenvalue weighted by molar-refractivity contribution is -0.122. The molecular weight excluding hydrogens is 508 g/mol. The molecule has 1 amide bonds. The van der Waals surface area contributed by atoms with E-state index in [2.05, 4.69) is 25.8 Å². The molecule has 1 fully saturated rings. The van der Waals surface area contributed by atoms with Crippen LogP contribution in [0.2, 0.25) is 5.02 Å². The first-order chi connectivity index (χ1) is 13.5. The van der Waals surface area contributed by atoms with Crippen LogP contribution < -0.4 is 16.0 Å². The van der Waals surface area contributed by atoms with Crippen LogP contribution in [-0.2, 0) is 11.2 Å². The number of carbonyl (C=O) groups is 1. The third-order valence-corrected chi connectivity index (χ3v) is 5.17. The van der Waals surface area contributed by atoms with Crippen LogP contribution in [0.3, 0.4) is 0 Å². The molecule has 1 aliphatic rings. The number of piperidine rings is 1. The highest BCUT2D eigenvalue weighted by molar-refractivity contribution is 14.0. The fourth-order valence-corrected chi connectivity index (χ4v) is 3.48. The molecule has 1 aromatic rings. The van der Waals surface area contributed by atoms with Gasteiger partial charge in [-0.1, -0.05) is 24.6 Å². The van der Waals surface area contributed by atoms with Crippen LogP contribution in [-0.4, -0.2) is 62.6 Å². The summed E-state index contributed by atoms with van der Waals surface area (Å²) in [4.78, 5) is 18.3. The van der Waals surface area contributed by atoms with Crippen molar-refractivity contribution in [2.75, 3.05) is 39.8 Å². The Labute approximate surface area is 195 Å². The summed E-state index contributed by atoms with van der Waals surface area (Å²) in [6.07, 6.45) is 3.33. The van der Waals surface area contributed by atoms with Crippen LogP contribution in [0.5, 0.6) is 0 Å². The summed E-state index contributed by atoms with van der Waals surface area (Å²) in [5.41, 5.74) is 0.516. The first-order valence-corrected chi connectivity index (χ1v) is 10.3. The van der Waals surface area contributed by atoms with Gasteiger partial charge in [0.1, 0.15) is 5.82 Å². The van der Waals surface area contributed by atoms with E-state index in [4.69, 9.17) is 11.6 Å². The molecule has 0 aromatic heterocycles. The molecule has 2 rings (SSSR count). The molecule has 3 N–H and O–H groups in total. The number of nitrogens with one attached hydrogen (secondary N) is 3. The number of guanidine groups is 1. The molecular formula is C20H32ClFIN5O. The summed E-state index contributed by atoms with van der Waals surface area (Å²) in [6.45, 7) is 5.53. The van der Waals surface area contributed by atoms with Crippen molar-refractivity contribution >= 4 is 47.4 Å². The van der Waals surface area contributed by atoms with Crippen molar-refractivity contribution in [2.24, 2.45) is 4.99 Å². The van der Waals surface area contributed by atoms with E-state index in [0.29, 0.717) is 42.1 Å². The van der Waals surface area contributed by atoms with Gasteiger partial charge in [0, 0.05) is 49.9 Å². The topological polar surface area (TPSA) is 68.8 Å². The number of halogens is 3. The highest BCUT2D eigenvalue weighted by atomic mass is 127. The summed E-state index contributed by atoms with van der Waals surface area (Å²) in [6, 6.07) is 5.03. The quantitative estimate of drug-likeness (QED) is 0.270. The Balaban J connectivity index is 0.00000420. The van der Waals surface area contributed by atoms with Gasteiger partial charge in [0.2, 0.25) is 5.91 Å².